The summed E-state index contributed by atoms with van der Waals surface area (Å²) < 4.78 is 0. The molecule has 1 fully saturated rings. The van der Waals surface area contributed by atoms with E-state index in [0.717, 1.165) is 6.54 Å². The molecule has 1 aromatic rings. The molecule has 1 saturated heterocycles. The summed E-state index contributed by atoms with van der Waals surface area (Å²) in [4.78, 5) is 2.43. The third-order valence-corrected chi connectivity index (χ3v) is 4.28. The molecule has 1 N–H and O–H groups in total. The van der Waals surface area contributed by atoms with Gasteiger partial charge in [0.25, 0.3) is 0 Å². The first-order valence-electron chi connectivity index (χ1n) is 7.74. The van der Waals surface area contributed by atoms with Gasteiger partial charge in [0.1, 0.15) is 0 Å². The molecule has 0 amide bonds. The average Bonchev–Trinajstić information content (AvgIpc) is 2.71. The third kappa shape index (κ3) is 4.24. The van der Waals surface area contributed by atoms with Crippen molar-refractivity contribution in [3.63, 3.8) is 0 Å². The van der Waals surface area contributed by atoms with E-state index in [-0.39, 0.29) is 0 Å². The van der Waals surface area contributed by atoms with Gasteiger partial charge in [-0.15, -0.1) is 0 Å². The lowest BCUT2D eigenvalue weighted by molar-refractivity contribution is 0.330. The smallest absolute Gasteiger partial charge is 0.0403 e. The Morgan fingerprint density at radius 1 is 1.21 bits per heavy atom. The highest BCUT2D eigenvalue weighted by atomic mass is 15.2. The summed E-state index contributed by atoms with van der Waals surface area (Å²) in [6, 6.07) is 10.3. The maximum atomic E-state index is 3.65. The second-order valence-corrected chi connectivity index (χ2v) is 6.02. The van der Waals surface area contributed by atoms with Gasteiger partial charge in [0.15, 0.2) is 0 Å². The lowest BCUT2D eigenvalue weighted by Gasteiger charge is -2.14. The summed E-state index contributed by atoms with van der Waals surface area (Å²) in [5.74, 6) is 0. The fourth-order valence-corrected chi connectivity index (χ4v) is 2.88. The molecule has 0 saturated carbocycles. The van der Waals surface area contributed by atoms with Gasteiger partial charge in [-0.25, -0.2) is 0 Å². The number of unbranched alkanes of at least 4 members (excludes halogenated alkanes) is 2. The Morgan fingerprint density at radius 3 is 2.53 bits per heavy atom. The monoisotopic (exact) mass is 260 g/mol. The molecule has 106 valence electrons. The number of likely N-dealkylation sites (tertiary alicyclic amines) is 1. The Labute approximate surface area is 118 Å². The molecule has 19 heavy (non-hydrogen) atoms. The second-order valence-electron chi connectivity index (χ2n) is 6.02. The van der Waals surface area contributed by atoms with E-state index in [1.165, 1.54) is 43.4 Å². The molecule has 2 rings (SSSR count). The van der Waals surface area contributed by atoms with Crippen molar-refractivity contribution in [3.05, 3.63) is 29.8 Å². The number of hydrogen-bond donors (Lipinski definition) is 1. The van der Waals surface area contributed by atoms with Crippen LogP contribution in [0.5, 0.6) is 0 Å². The Balaban J connectivity index is 1.82. The minimum absolute atomic E-state index is 0.603. The average molecular weight is 260 g/mol. The highest BCUT2D eigenvalue weighted by Crippen LogP contribution is 2.20. The second kappa shape index (κ2) is 6.95. The lowest BCUT2D eigenvalue weighted by Crippen LogP contribution is -2.24. The number of benzene rings is 1. The number of anilines is 1. The van der Waals surface area contributed by atoms with Crippen molar-refractivity contribution in [2.24, 2.45) is 0 Å². The summed E-state index contributed by atoms with van der Waals surface area (Å²) in [6.45, 7) is 5.71. The zero-order chi connectivity index (χ0) is 13.7. The van der Waals surface area contributed by atoms with Gasteiger partial charge in [0.2, 0.25) is 0 Å². The molecule has 0 aromatic heterocycles. The molecule has 2 unspecified atom stereocenters. The number of nitrogens with zero attached hydrogens (tertiary/aromatic N) is 1. The Morgan fingerprint density at radius 2 is 1.95 bits per heavy atom. The predicted molar refractivity (Wildman–Crippen MR) is 83.8 cm³/mol. The molecule has 1 aromatic carbocycles. The number of likely N-dealkylation sites (N-methyl/N-ethyl adjacent to an activating group) is 1. The van der Waals surface area contributed by atoms with Crippen molar-refractivity contribution in [1.29, 1.82) is 0 Å². The first-order chi connectivity index (χ1) is 9.19. The van der Waals surface area contributed by atoms with Crippen molar-refractivity contribution >= 4 is 5.69 Å². The maximum Gasteiger partial charge on any atom is 0.0403 e. The van der Waals surface area contributed by atoms with Gasteiger partial charge in [0, 0.05) is 24.3 Å². The topological polar surface area (TPSA) is 15.3 Å². The van der Waals surface area contributed by atoms with Crippen LogP contribution in [0.2, 0.25) is 0 Å². The SMILES string of the molecule is CCCCCc1ccc(NC2CC(C)N(C)C2)cc1. The Hall–Kier alpha value is -1.02. The van der Waals surface area contributed by atoms with Crippen LogP contribution >= 0.6 is 0 Å². The summed E-state index contributed by atoms with van der Waals surface area (Å²) in [5.41, 5.74) is 2.74. The van der Waals surface area contributed by atoms with Gasteiger partial charge >= 0.3 is 0 Å². The highest BCUT2D eigenvalue weighted by molar-refractivity contribution is 5.45. The predicted octanol–water partition coefficient (Wildman–Crippen LogP) is 3.92. The maximum absolute atomic E-state index is 3.65. The van der Waals surface area contributed by atoms with E-state index in [2.05, 4.69) is 55.4 Å². The molecule has 2 atom stereocenters. The van der Waals surface area contributed by atoms with E-state index in [1.807, 2.05) is 0 Å². The molecule has 0 bridgehead atoms. The van der Waals surface area contributed by atoms with Crippen LogP contribution in [-0.4, -0.2) is 30.6 Å². The van der Waals surface area contributed by atoms with Gasteiger partial charge in [-0.05, 0) is 50.9 Å². The summed E-state index contributed by atoms with van der Waals surface area (Å²) in [5, 5.41) is 3.65. The molecule has 2 heteroatoms. The fourth-order valence-electron chi connectivity index (χ4n) is 2.88. The minimum Gasteiger partial charge on any atom is -0.381 e. The van der Waals surface area contributed by atoms with Crippen molar-refractivity contribution in [2.45, 2.75) is 58.0 Å². The quantitative estimate of drug-likeness (QED) is 0.780. The molecule has 0 aliphatic carbocycles. The van der Waals surface area contributed by atoms with Gasteiger partial charge in [-0.1, -0.05) is 31.9 Å². The largest absolute Gasteiger partial charge is 0.381 e. The normalized spacial score (nSPS) is 23.7. The first-order valence-corrected chi connectivity index (χ1v) is 7.74. The first kappa shape index (κ1) is 14.4. The molecule has 1 heterocycles. The van der Waals surface area contributed by atoms with Crippen LogP contribution in [0, 0.1) is 0 Å². The number of rotatable bonds is 6. The minimum atomic E-state index is 0.603. The Bertz CT molecular complexity index is 361. The molecular weight excluding hydrogens is 232 g/mol. The van der Waals surface area contributed by atoms with Crippen molar-refractivity contribution in [3.8, 4) is 0 Å². The van der Waals surface area contributed by atoms with E-state index >= 15 is 0 Å². The number of aryl methyl sites for hydroxylation is 1. The summed E-state index contributed by atoms with van der Waals surface area (Å²) >= 11 is 0. The van der Waals surface area contributed by atoms with Crippen LogP contribution in [0.4, 0.5) is 5.69 Å². The van der Waals surface area contributed by atoms with Crippen LogP contribution in [0.3, 0.4) is 0 Å². The van der Waals surface area contributed by atoms with E-state index in [9.17, 15) is 0 Å². The van der Waals surface area contributed by atoms with Gasteiger partial charge in [-0.2, -0.15) is 0 Å². The zero-order valence-corrected chi connectivity index (χ0v) is 12.7. The van der Waals surface area contributed by atoms with Gasteiger partial charge in [0.05, 0.1) is 0 Å². The van der Waals surface area contributed by atoms with Crippen LogP contribution in [-0.2, 0) is 6.42 Å². The van der Waals surface area contributed by atoms with Crippen LogP contribution in [0.15, 0.2) is 24.3 Å². The van der Waals surface area contributed by atoms with E-state index in [1.54, 1.807) is 0 Å². The van der Waals surface area contributed by atoms with E-state index in [0.29, 0.717) is 12.1 Å². The van der Waals surface area contributed by atoms with Crippen LogP contribution < -0.4 is 5.32 Å². The number of hydrogen-bond acceptors (Lipinski definition) is 2. The molecule has 1 aliphatic rings. The van der Waals surface area contributed by atoms with Gasteiger partial charge in [-0.3, -0.25) is 0 Å². The molecule has 1 aliphatic heterocycles. The molecular formula is C17H28N2. The summed E-state index contributed by atoms with van der Waals surface area (Å²) in [7, 11) is 2.21. The van der Waals surface area contributed by atoms with Crippen LogP contribution in [0.25, 0.3) is 0 Å². The van der Waals surface area contributed by atoms with Crippen molar-refractivity contribution in [2.75, 3.05) is 18.9 Å². The summed E-state index contributed by atoms with van der Waals surface area (Å²) in [6.07, 6.45) is 6.42. The zero-order valence-electron chi connectivity index (χ0n) is 12.7. The molecule has 2 nitrogen and oxygen atoms in total. The van der Waals surface area contributed by atoms with Gasteiger partial charge < -0.3 is 10.2 Å². The number of nitrogens with one attached hydrogen (secondary N) is 1. The molecule has 0 radical (unpaired) electrons. The molecule has 0 spiro atoms. The lowest BCUT2D eigenvalue weighted by atomic mass is 10.1. The van der Waals surface area contributed by atoms with E-state index < -0.39 is 0 Å². The highest BCUT2D eigenvalue weighted by Gasteiger charge is 2.25. The fraction of sp³-hybridized carbons (Fsp3) is 0.647. The van der Waals surface area contributed by atoms with Crippen LogP contribution in [0.1, 0.15) is 45.1 Å². The third-order valence-electron chi connectivity index (χ3n) is 4.28. The standard InChI is InChI=1S/C17H28N2/c1-4-5-6-7-15-8-10-16(11-9-15)18-17-12-14(2)19(3)13-17/h8-11,14,17-18H,4-7,12-13H2,1-3H3. The van der Waals surface area contributed by atoms with E-state index in [4.69, 9.17) is 0 Å². The Kier molecular flexibility index (Phi) is 5.26. The van der Waals surface area contributed by atoms with Crippen molar-refractivity contribution in [1.82, 2.24) is 4.90 Å². The van der Waals surface area contributed by atoms with Crippen molar-refractivity contribution < 1.29 is 0 Å².